The number of carboxylic acids is 1. The van der Waals surface area contributed by atoms with Crippen LogP contribution in [-0.4, -0.2) is 35.5 Å². The first-order chi connectivity index (χ1) is 9.65. The van der Waals surface area contributed by atoms with Crippen LogP contribution in [0.3, 0.4) is 0 Å². The van der Waals surface area contributed by atoms with E-state index in [1.54, 1.807) is 0 Å². The monoisotopic (exact) mass is 301 g/mol. The van der Waals surface area contributed by atoms with Gasteiger partial charge in [0.2, 0.25) is 5.91 Å². The number of aliphatic carboxylic acids is 1. The molecule has 0 radical (unpaired) electrons. The third-order valence-electron chi connectivity index (χ3n) is 4.02. The van der Waals surface area contributed by atoms with Crippen molar-refractivity contribution in [3.05, 3.63) is 0 Å². The molecular formula is C15H27NO3S. The van der Waals surface area contributed by atoms with Gasteiger partial charge in [-0.15, -0.1) is 0 Å². The van der Waals surface area contributed by atoms with Crippen LogP contribution < -0.4 is 5.32 Å². The van der Waals surface area contributed by atoms with E-state index in [2.05, 4.69) is 11.6 Å². The molecule has 116 valence electrons. The summed E-state index contributed by atoms with van der Waals surface area (Å²) in [5.41, 5.74) is 0. The molecule has 0 atom stereocenters. The lowest BCUT2D eigenvalue weighted by Gasteiger charge is -2.25. The first kappa shape index (κ1) is 17.3. The number of carbonyl (C=O) groups is 2. The highest BCUT2D eigenvalue weighted by Crippen LogP contribution is 2.28. The molecule has 0 aromatic carbocycles. The number of carboxylic acid groups (broad SMARTS) is 1. The minimum atomic E-state index is -0.714. The van der Waals surface area contributed by atoms with Crippen molar-refractivity contribution in [1.29, 1.82) is 0 Å². The van der Waals surface area contributed by atoms with Crippen LogP contribution in [0.5, 0.6) is 0 Å². The summed E-state index contributed by atoms with van der Waals surface area (Å²) in [7, 11) is 0. The Morgan fingerprint density at radius 2 is 1.65 bits per heavy atom. The van der Waals surface area contributed by atoms with E-state index in [0.29, 0.717) is 12.8 Å². The van der Waals surface area contributed by atoms with Gasteiger partial charge < -0.3 is 10.4 Å². The van der Waals surface area contributed by atoms with Gasteiger partial charge in [-0.05, 0) is 50.5 Å². The zero-order valence-electron chi connectivity index (χ0n) is 12.4. The number of hydrogen-bond acceptors (Lipinski definition) is 3. The number of unbranched alkanes of at least 4 members (excludes halogenated alkanes) is 3. The van der Waals surface area contributed by atoms with Crippen LogP contribution in [0.2, 0.25) is 0 Å². The van der Waals surface area contributed by atoms with Crippen molar-refractivity contribution in [2.45, 2.75) is 51.4 Å². The van der Waals surface area contributed by atoms with Crippen molar-refractivity contribution < 1.29 is 14.7 Å². The largest absolute Gasteiger partial charge is 0.481 e. The summed E-state index contributed by atoms with van der Waals surface area (Å²) in [4.78, 5) is 22.8. The number of rotatable bonds is 9. The van der Waals surface area contributed by atoms with Crippen molar-refractivity contribution in [3.8, 4) is 0 Å². The van der Waals surface area contributed by atoms with Crippen molar-refractivity contribution in [2.75, 3.05) is 18.6 Å². The van der Waals surface area contributed by atoms with E-state index in [9.17, 15) is 9.59 Å². The van der Waals surface area contributed by atoms with Gasteiger partial charge in [-0.3, -0.25) is 9.59 Å². The van der Waals surface area contributed by atoms with Crippen LogP contribution in [0.15, 0.2) is 0 Å². The summed E-state index contributed by atoms with van der Waals surface area (Å²) in [6.45, 7) is 0.761. The molecule has 0 heterocycles. The van der Waals surface area contributed by atoms with Gasteiger partial charge in [-0.25, -0.2) is 0 Å². The zero-order chi connectivity index (χ0) is 14.8. The molecule has 0 aromatic heterocycles. The van der Waals surface area contributed by atoms with Gasteiger partial charge in [0, 0.05) is 12.5 Å². The molecule has 1 fully saturated rings. The van der Waals surface area contributed by atoms with Crippen molar-refractivity contribution >= 4 is 23.6 Å². The first-order valence-corrected chi connectivity index (χ1v) is 9.04. The fraction of sp³-hybridized carbons (Fsp3) is 0.867. The van der Waals surface area contributed by atoms with Crippen molar-refractivity contribution in [1.82, 2.24) is 5.32 Å². The van der Waals surface area contributed by atoms with E-state index in [-0.39, 0.29) is 17.7 Å². The number of nitrogens with one attached hydrogen (secondary N) is 1. The van der Waals surface area contributed by atoms with Crippen LogP contribution in [0.4, 0.5) is 0 Å². The minimum absolute atomic E-state index is 0.0297. The first-order valence-electron chi connectivity index (χ1n) is 7.64. The van der Waals surface area contributed by atoms with Crippen molar-refractivity contribution in [2.24, 2.45) is 11.8 Å². The molecule has 1 rings (SSSR count). The molecule has 1 saturated carbocycles. The highest BCUT2D eigenvalue weighted by atomic mass is 32.2. The normalized spacial score (nSPS) is 22.4. The Bertz CT molecular complexity index is 301. The van der Waals surface area contributed by atoms with Gasteiger partial charge >= 0.3 is 5.97 Å². The molecule has 0 saturated heterocycles. The number of thioether (sulfide) groups is 1. The molecule has 1 aliphatic rings. The smallest absolute Gasteiger partial charge is 0.306 e. The van der Waals surface area contributed by atoms with Crippen LogP contribution in [0.25, 0.3) is 0 Å². The van der Waals surface area contributed by atoms with Crippen molar-refractivity contribution in [3.63, 3.8) is 0 Å². The molecule has 2 N–H and O–H groups in total. The zero-order valence-corrected chi connectivity index (χ0v) is 13.2. The molecular weight excluding hydrogens is 274 g/mol. The van der Waals surface area contributed by atoms with Gasteiger partial charge in [-0.2, -0.15) is 11.8 Å². The average molecular weight is 301 g/mol. The Balaban J connectivity index is 2.04. The third kappa shape index (κ3) is 6.64. The predicted octanol–water partition coefficient (Wildman–Crippen LogP) is 2.92. The molecule has 0 aromatic rings. The molecule has 0 bridgehead atoms. The van der Waals surface area contributed by atoms with Crippen LogP contribution in [0.1, 0.15) is 51.4 Å². The second-order valence-electron chi connectivity index (χ2n) is 5.58. The number of amides is 1. The van der Waals surface area contributed by atoms with E-state index < -0.39 is 5.97 Å². The summed E-state index contributed by atoms with van der Waals surface area (Å²) in [5, 5.41) is 11.9. The standard InChI is InChI=1S/C15H27NO3S/c1-20-11-5-3-2-4-10-16-14(17)12-6-8-13(9-7-12)15(18)19/h12-13H,2-11H2,1H3,(H,16,17)(H,18,19). The Kier molecular flexibility index (Phi) is 8.74. The molecule has 0 spiro atoms. The lowest BCUT2D eigenvalue weighted by atomic mass is 9.81. The van der Waals surface area contributed by atoms with Gasteiger partial charge in [-0.1, -0.05) is 12.8 Å². The fourth-order valence-electron chi connectivity index (χ4n) is 2.68. The second-order valence-corrected chi connectivity index (χ2v) is 6.57. The summed E-state index contributed by atoms with van der Waals surface area (Å²) in [6, 6.07) is 0. The molecule has 20 heavy (non-hydrogen) atoms. The summed E-state index contributed by atoms with van der Waals surface area (Å²) in [6.07, 6.45) is 9.56. The number of carbonyl (C=O) groups excluding carboxylic acids is 1. The lowest BCUT2D eigenvalue weighted by Crippen LogP contribution is -2.34. The predicted molar refractivity (Wildman–Crippen MR) is 82.9 cm³/mol. The van der Waals surface area contributed by atoms with Gasteiger partial charge in [0.25, 0.3) is 0 Å². The molecule has 1 amide bonds. The van der Waals surface area contributed by atoms with E-state index in [1.165, 1.54) is 25.0 Å². The quantitative estimate of drug-likeness (QED) is 0.643. The average Bonchev–Trinajstić information content (AvgIpc) is 2.46. The maximum atomic E-state index is 11.9. The topological polar surface area (TPSA) is 66.4 Å². The molecule has 1 aliphatic carbocycles. The van der Waals surface area contributed by atoms with Crippen LogP contribution >= 0.6 is 11.8 Å². The van der Waals surface area contributed by atoms with E-state index in [4.69, 9.17) is 5.11 Å². The maximum Gasteiger partial charge on any atom is 0.306 e. The molecule has 5 heteroatoms. The van der Waals surface area contributed by atoms with E-state index in [0.717, 1.165) is 25.8 Å². The SMILES string of the molecule is CSCCCCCCNC(=O)C1CCC(C(=O)O)CC1. The Hall–Kier alpha value is -0.710. The minimum Gasteiger partial charge on any atom is -0.481 e. The maximum absolute atomic E-state index is 11.9. The molecule has 0 unspecified atom stereocenters. The van der Waals surface area contributed by atoms with E-state index >= 15 is 0 Å². The summed E-state index contributed by atoms with van der Waals surface area (Å²) >= 11 is 1.88. The second kappa shape index (κ2) is 10.1. The lowest BCUT2D eigenvalue weighted by molar-refractivity contribution is -0.144. The Morgan fingerprint density at radius 3 is 2.25 bits per heavy atom. The van der Waals surface area contributed by atoms with E-state index in [1.807, 2.05) is 11.8 Å². The summed E-state index contributed by atoms with van der Waals surface area (Å²) in [5.74, 6) is 0.420. The fourth-order valence-corrected chi connectivity index (χ4v) is 3.18. The highest BCUT2D eigenvalue weighted by molar-refractivity contribution is 7.98. The Morgan fingerprint density at radius 1 is 1.05 bits per heavy atom. The number of hydrogen-bond donors (Lipinski definition) is 2. The molecule has 4 nitrogen and oxygen atoms in total. The highest BCUT2D eigenvalue weighted by Gasteiger charge is 2.29. The molecule has 0 aliphatic heterocycles. The van der Waals surface area contributed by atoms with Crippen LogP contribution in [0, 0.1) is 11.8 Å². The van der Waals surface area contributed by atoms with Gasteiger partial charge in [0.15, 0.2) is 0 Å². The van der Waals surface area contributed by atoms with Crippen LogP contribution in [-0.2, 0) is 9.59 Å². The Labute approximate surface area is 126 Å². The summed E-state index contributed by atoms with van der Waals surface area (Å²) < 4.78 is 0. The van der Waals surface area contributed by atoms with Gasteiger partial charge in [0.05, 0.1) is 5.92 Å². The third-order valence-corrected chi connectivity index (χ3v) is 4.72. The van der Waals surface area contributed by atoms with Gasteiger partial charge in [0.1, 0.15) is 0 Å².